The molecule has 1 aromatic rings. The summed E-state index contributed by atoms with van der Waals surface area (Å²) < 4.78 is 4.87. The van der Waals surface area contributed by atoms with Crippen LogP contribution >= 0.6 is 11.3 Å². The van der Waals surface area contributed by atoms with Crippen molar-refractivity contribution in [3.8, 4) is 0 Å². The van der Waals surface area contributed by atoms with E-state index in [0.29, 0.717) is 12.2 Å². The lowest BCUT2D eigenvalue weighted by atomic mass is 10.1. The van der Waals surface area contributed by atoms with Crippen LogP contribution in [0, 0.1) is 10.1 Å². The number of carbonyl (C=O) groups excluding carboxylic acids is 1. The summed E-state index contributed by atoms with van der Waals surface area (Å²) >= 11 is 0.959. The van der Waals surface area contributed by atoms with Crippen LogP contribution in [0.15, 0.2) is 11.4 Å². The van der Waals surface area contributed by atoms with Crippen LogP contribution in [-0.4, -0.2) is 22.6 Å². The lowest BCUT2D eigenvalue weighted by Crippen LogP contribution is -2.07. The fraction of sp³-hybridized carbons (Fsp3) is 0.545. The normalized spacial score (nSPS) is 12.1. The van der Waals surface area contributed by atoms with Crippen LogP contribution in [-0.2, 0) is 9.53 Å². The van der Waals surface area contributed by atoms with Crippen LogP contribution in [0.1, 0.15) is 37.9 Å². The quantitative estimate of drug-likeness (QED) is 0.468. The zero-order chi connectivity index (χ0) is 13.5. The Morgan fingerprint density at radius 3 is 2.94 bits per heavy atom. The van der Waals surface area contributed by atoms with E-state index in [9.17, 15) is 20.0 Å². The summed E-state index contributed by atoms with van der Waals surface area (Å²) in [6.07, 6.45) is 0.191. The minimum atomic E-state index is -0.871. The minimum absolute atomic E-state index is 0.0161. The fourth-order valence-corrected chi connectivity index (χ4v) is 2.09. The van der Waals surface area contributed by atoms with Gasteiger partial charge >= 0.3 is 11.0 Å². The molecule has 1 N–H and O–H groups in total. The highest BCUT2D eigenvalue weighted by Crippen LogP contribution is 2.28. The first kappa shape index (κ1) is 14.6. The predicted octanol–water partition coefficient (Wildman–Crippen LogP) is 2.42. The summed E-state index contributed by atoms with van der Waals surface area (Å²) in [5.74, 6) is -0.361. The van der Waals surface area contributed by atoms with E-state index in [2.05, 4.69) is 0 Å². The summed E-state index contributed by atoms with van der Waals surface area (Å²) in [4.78, 5) is 21.2. The minimum Gasteiger partial charge on any atom is -0.466 e. The van der Waals surface area contributed by atoms with E-state index in [0.717, 1.165) is 17.8 Å². The number of carbonyl (C=O) groups is 1. The molecular weight excluding hydrogens is 258 g/mol. The summed E-state index contributed by atoms with van der Waals surface area (Å²) in [6, 6.07) is 1.33. The van der Waals surface area contributed by atoms with Crippen molar-refractivity contribution in [2.45, 2.75) is 32.3 Å². The smallest absolute Gasteiger partial charge is 0.324 e. The Bertz CT molecular complexity index is 417. The van der Waals surface area contributed by atoms with Gasteiger partial charge < -0.3 is 9.84 Å². The molecule has 0 spiro atoms. The first-order chi connectivity index (χ1) is 8.54. The van der Waals surface area contributed by atoms with Gasteiger partial charge in [-0.05, 0) is 18.4 Å². The Kier molecular flexibility index (Phi) is 5.73. The predicted molar refractivity (Wildman–Crippen MR) is 66.4 cm³/mol. The Balaban J connectivity index is 2.42. The van der Waals surface area contributed by atoms with Gasteiger partial charge in [-0.3, -0.25) is 14.9 Å². The molecule has 18 heavy (non-hydrogen) atoms. The summed E-state index contributed by atoms with van der Waals surface area (Å²) in [5, 5.41) is 21.8. The topological polar surface area (TPSA) is 89.7 Å². The standard InChI is InChI=1S/C11H15NO5S/c1-2-5-17-11(14)4-3-9(13)8-6-10(12(15)16)18-7-8/h6-7,9,13H,2-5H2,1H3. The molecule has 0 saturated carbocycles. The van der Waals surface area contributed by atoms with Crippen LogP contribution in [0.25, 0.3) is 0 Å². The summed E-state index contributed by atoms with van der Waals surface area (Å²) in [6.45, 7) is 2.27. The number of ether oxygens (including phenoxy) is 1. The van der Waals surface area contributed by atoms with E-state index in [4.69, 9.17) is 4.74 Å². The lowest BCUT2D eigenvalue weighted by molar-refractivity contribution is -0.380. The van der Waals surface area contributed by atoms with E-state index in [1.807, 2.05) is 6.92 Å². The SMILES string of the molecule is CCCOC(=O)CCC(O)c1csc([N+](=O)[O-])c1. The number of hydrogen-bond acceptors (Lipinski definition) is 6. The third-order valence-corrected chi connectivity index (χ3v) is 3.16. The third-order valence-electron chi connectivity index (χ3n) is 2.26. The van der Waals surface area contributed by atoms with Crippen molar-refractivity contribution < 1.29 is 19.6 Å². The number of nitrogens with zero attached hydrogens (tertiary/aromatic N) is 1. The molecule has 7 heteroatoms. The van der Waals surface area contributed by atoms with Gasteiger partial charge in [-0.25, -0.2) is 0 Å². The van der Waals surface area contributed by atoms with Gasteiger partial charge in [0, 0.05) is 17.9 Å². The molecule has 1 atom stereocenters. The first-order valence-electron chi connectivity index (χ1n) is 5.61. The number of aliphatic hydroxyl groups excluding tert-OH is 1. The van der Waals surface area contributed by atoms with E-state index in [1.54, 1.807) is 0 Å². The highest BCUT2D eigenvalue weighted by Gasteiger charge is 2.16. The second-order valence-electron chi connectivity index (χ2n) is 3.75. The molecular formula is C11H15NO5S. The van der Waals surface area contributed by atoms with E-state index in [-0.39, 0.29) is 23.8 Å². The van der Waals surface area contributed by atoms with E-state index < -0.39 is 11.0 Å². The molecule has 100 valence electrons. The molecule has 0 aliphatic rings. The number of nitro groups is 1. The van der Waals surface area contributed by atoms with Crippen LogP contribution in [0.2, 0.25) is 0 Å². The monoisotopic (exact) mass is 273 g/mol. The van der Waals surface area contributed by atoms with Crippen molar-refractivity contribution in [3.63, 3.8) is 0 Å². The Morgan fingerprint density at radius 1 is 1.67 bits per heavy atom. The van der Waals surface area contributed by atoms with Gasteiger partial charge in [0.25, 0.3) is 0 Å². The Labute approximate surface area is 108 Å². The average Bonchev–Trinajstić information content (AvgIpc) is 2.83. The van der Waals surface area contributed by atoms with Gasteiger partial charge in [0.1, 0.15) is 0 Å². The summed E-state index contributed by atoms with van der Waals surface area (Å²) in [7, 11) is 0. The molecule has 1 unspecified atom stereocenters. The van der Waals surface area contributed by atoms with E-state index in [1.165, 1.54) is 11.4 Å². The molecule has 0 fully saturated rings. The zero-order valence-corrected chi connectivity index (χ0v) is 10.8. The van der Waals surface area contributed by atoms with Crippen LogP contribution < -0.4 is 0 Å². The number of thiophene rings is 1. The maximum atomic E-state index is 11.2. The van der Waals surface area contributed by atoms with Gasteiger partial charge in [0.05, 0.1) is 17.6 Å². The number of hydrogen-bond donors (Lipinski definition) is 1. The zero-order valence-electron chi connectivity index (χ0n) is 10.00. The van der Waals surface area contributed by atoms with Gasteiger partial charge in [-0.15, -0.1) is 0 Å². The molecule has 1 heterocycles. The molecule has 0 radical (unpaired) electrons. The van der Waals surface area contributed by atoms with Crippen molar-refractivity contribution in [1.82, 2.24) is 0 Å². The summed E-state index contributed by atoms with van der Waals surface area (Å²) in [5.41, 5.74) is 0.468. The second-order valence-corrected chi connectivity index (χ2v) is 4.64. The molecule has 1 aromatic heterocycles. The Morgan fingerprint density at radius 2 is 2.39 bits per heavy atom. The molecule has 0 aliphatic carbocycles. The molecule has 0 saturated heterocycles. The maximum absolute atomic E-state index is 11.2. The maximum Gasteiger partial charge on any atom is 0.324 e. The molecule has 6 nitrogen and oxygen atoms in total. The van der Waals surface area contributed by atoms with Crippen molar-refractivity contribution in [1.29, 1.82) is 0 Å². The molecule has 0 amide bonds. The molecule has 0 bridgehead atoms. The van der Waals surface area contributed by atoms with Crippen molar-refractivity contribution >= 4 is 22.3 Å². The number of aliphatic hydroxyl groups is 1. The number of rotatable bonds is 7. The highest BCUT2D eigenvalue weighted by molar-refractivity contribution is 7.13. The Hall–Kier alpha value is -1.47. The van der Waals surface area contributed by atoms with Crippen molar-refractivity contribution in [2.24, 2.45) is 0 Å². The van der Waals surface area contributed by atoms with Crippen molar-refractivity contribution in [3.05, 3.63) is 27.1 Å². The third kappa shape index (κ3) is 4.42. The second kappa shape index (κ2) is 7.07. The molecule has 0 aliphatic heterocycles. The van der Waals surface area contributed by atoms with E-state index >= 15 is 0 Å². The van der Waals surface area contributed by atoms with Crippen LogP contribution in [0.4, 0.5) is 5.00 Å². The van der Waals surface area contributed by atoms with Crippen molar-refractivity contribution in [2.75, 3.05) is 6.61 Å². The largest absolute Gasteiger partial charge is 0.466 e. The van der Waals surface area contributed by atoms with Crippen LogP contribution in [0.5, 0.6) is 0 Å². The lowest BCUT2D eigenvalue weighted by Gasteiger charge is -2.07. The van der Waals surface area contributed by atoms with Crippen LogP contribution in [0.3, 0.4) is 0 Å². The molecule has 0 aromatic carbocycles. The highest BCUT2D eigenvalue weighted by atomic mass is 32.1. The van der Waals surface area contributed by atoms with Gasteiger partial charge in [0.2, 0.25) is 0 Å². The van der Waals surface area contributed by atoms with Gasteiger partial charge in [-0.1, -0.05) is 18.3 Å². The average molecular weight is 273 g/mol. The number of esters is 1. The van der Waals surface area contributed by atoms with Gasteiger partial charge in [-0.2, -0.15) is 0 Å². The fourth-order valence-electron chi connectivity index (χ4n) is 1.32. The van der Waals surface area contributed by atoms with Gasteiger partial charge in [0.15, 0.2) is 0 Å². The molecule has 1 rings (SSSR count). The first-order valence-corrected chi connectivity index (χ1v) is 6.49.